The third kappa shape index (κ3) is 3.40. The van der Waals surface area contributed by atoms with E-state index in [2.05, 4.69) is 19.9 Å². The van der Waals surface area contributed by atoms with E-state index in [0.29, 0.717) is 0 Å². The fraction of sp³-hybridized carbons (Fsp3) is 0.400. The Morgan fingerprint density at radius 1 is 1.29 bits per heavy atom. The van der Waals surface area contributed by atoms with Gasteiger partial charge in [-0.3, -0.25) is 4.98 Å². The second kappa shape index (κ2) is 6.12. The molecule has 0 aromatic carbocycles. The van der Waals surface area contributed by atoms with Crippen molar-refractivity contribution in [3.05, 3.63) is 35.3 Å². The monoisotopic (exact) mass is 355 g/mol. The average molecular weight is 355 g/mol. The van der Waals surface area contributed by atoms with E-state index in [4.69, 9.17) is 5.73 Å². The van der Waals surface area contributed by atoms with Crippen molar-refractivity contribution in [1.29, 1.82) is 0 Å². The van der Waals surface area contributed by atoms with Crippen molar-refractivity contribution in [2.24, 2.45) is 0 Å². The van der Waals surface area contributed by atoms with Gasteiger partial charge in [-0.05, 0) is 25.0 Å². The molecule has 0 fully saturated rings. The number of hydrogen-bond donors (Lipinski definition) is 1. The number of halogens is 3. The number of aromatic nitrogens is 3. The Morgan fingerprint density at radius 2 is 2.04 bits per heavy atom. The van der Waals surface area contributed by atoms with Crippen molar-refractivity contribution in [2.75, 3.05) is 24.2 Å². The molecule has 128 valence electrons. The van der Waals surface area contributed by atoms with Gasteiger partial charge < -0.3 is 10.6 Å². The van der Waals surface area contributed by atoms with Gasteiger partial charge in [0.15, 0.2) is 10.9 Å². The Morgan fingerprint density at radius 3 is 2.75 bits per heavy atom. The number of alkyl halides is 3. The lowest BCUT2D eigenvalue weighted by Gasteiger charge is -2.14. The zero-order valence-corrected chi connectivity index (χ0v) is 13.9. The molecule has 0 saturated heterocycles. The predicted octanol–water partition coefficient (Wildman–Crippen LogP) is 3.32. The molecule has 0 amide bonds. The predicted molar refractivity (Wildman–Crippen MR) is 86.9 cm³/mol. The number of rotatable bonds is 3. The van der Waals surface area contributed by atoms with Crippen LogP contribution in [0, 0.1) is 0 Å². The number of nitrogens with two attached hydrogens (primary N) is 1. The third-order valence-corrected chi connectivity index (χ3v) is 4.82. The summed E-state index contributed by atoms with van der Waals surface area (Å²) in [5.74, 6) is -0.199. The van der Waals surface area contributed by atoms with Gasteiger partial charge in [0.25, 0.3) is 0 Å². The van der Waals surface area contributed by atoms with Gasteiger partial charge in [0, 0.05) is 19.7 Å². The van der Waals surface area contributed by atoms with Crippen LogP contribution in [0.2, 0.25) is 0 Å². The summed E-state index contributed by atoms with van der Waals surface area (Å²) in [6.07, 6.45) is -1.81. The average Bonchev–Trinajstić information content (AvgIpc) is 2.86. The lowest BCUT2D eigenvalue weighted by Crippen LogP contribution is -2.12. The lowest BCUT2D eigenvalue weighted by atomic mass is 10.1. The smallest absolute Gasteiger partial charge is 0.384 e. The second-order valence-corrected chi connectivity index (χ2v) is 6.94. The molecule has 3 rings (SSSR count). The molecule has 3 heterocycles. The summed E-state index contributed by atoms with van der Waals surface area (Å²) in [6, 6.07) is 2.73. The number of hydrogen-bond acceptors (Lipinski definition) is 6. The quantitative estimate of drug-likeness (QED) is 0.673. The zero-order valence-electron chi connectivity index (χ0n) is 13.1. The number of anilines is 2. The number of thioether (sulfide) groups is 1. The first-order chi connectivity index (χ1) is 11.2. The van der Waals surface area contributed by atoms with Gasteiger partial charge in [-0.15, -0.1) is 0 Å². The van der Waals surface area contributed by atoms with E-state index in [1.54, 1.807) is 6.20 Å². The van der Waals surface area contributed by atoms with E-state index in [-0.39, 0.29) is 16.2 Å². The molecular formula is C15H16F3N5S. The Labute approximate surface area is 141 Å². The third-order valence-electron chi connectivity index (χ3n) is 3.83. The molecule has 1 atom stereocenters. The first kappa shape index (κ1) is 16.8. The van der Waals surface area contributed by atoms with Crippen LogP contribution in [-0.2, 0) is 12.6 Å². The summed E-state index contributed by atoms with van der Waals surface area (Å²) in [4.78, 5) is 14.0. The Balaban J connectivity index is 1.83. The van der Waals surface area contributed by atoms with Gasteiger partial charge in [-0.1, -0.05) is 11.8 Å². The summed E-state index contributed by atoms with van der Waals surface area (Å²) >= 11 is 1.11. The molecule has 9 heteroatoms. The molecule has 0 radical (unpaired) electrons. The maximum Gasteiger partial charge on any atom is 0.433 e. The minimum atomic E-state index is -4.55. The Bertz CT molecular complexity index is 765. The van der Waals surface area contributed by atoms with Crippen molar-refractivity contribution in [3.8, 4) is 0 Å². The van der Waals surface area contributed by atoms with E-state index in [9.17, 15) is 13.2 Å². The van der Waals surface area contributed by atoms with Crippen molar-refractivity contribution >= 4 is 23.3 Å². The molecule has 0 spiro atoms. The summed E-state index contributed by atoms with van der Waals surface area (Å²) in [7, 11) is 2.00. The van der Waals surface area contributed by atoms with Crippen LogP contribution in [0.25, 0.3) is 0 Å². The summed E-state index contributed by atoms with van der Waals surface area (Å²) in [5, 5.41) is -0.196. The number of nitrogens with zero attached hydrogens (tertiary/aromatic N) is 4. The Kier molecular flexibility index (Phi) is 4.29. The van der Waals surface area contributed by atoms with Crippen LogP contribution < -0.4 is 10.6 Å². The molecule has 5 nitrogen and oxygen atoms in total. The summed E-state index contributed by atoms with van der Waals surface area (Å²) in [5.41, 5.74) is 7.51. The fourth-order valence-electron chi connectivity index (χ4n) is 2.54. The van der Waals surface area contributed by atoms with Crippen molar-refractivity contribution < 1.29 is 13.2 Å². The SMILES string of the molecule is CC(Sc1nc(N)cc(C(F)(F)F)n1)c1cc2c(cn1)N(C)CC2. The highest BCUT2D eigenvalue weighted by Gasteiger charge is 2.33. The van der Waals surface area contributed by atoms with E-state index >= 15 is 0 Å². The van der Waals surface area contributed by atoms with Gasteiger partial charge >= 0.3 is 6.18 Å². The van der Waals surface area contributed by atoms with Crippen LogP contribution in [0.1, 0.15) is 29.1 Å². The highest BCUT2D eigenvalue weighted by Crippen LogP contribution is 2.37. The highest BCUT2D eigenvalue weighted by atomic mass is 32.2. The first-order valence-electron chi connectivity index (χ1n) is 7.32. The normalized spacial score (nSPS) is 15.5. The molecule has 0 saturated carbocycles. The molecule has 0 aliphatic carbocycles. The molecule has 2 aromatic heterocycles. The van der Waals surface area contributed by atoms with Crippen molar-refractivity contribution in [3.63, 3.8) is 0 Å². The second-order valence-electron chi connectivity index (χ2n) is 5.63. The fourth-order valence-corrected chi connectivity index (χ4v) is 3.42. The standard InChI is InChI=1S/C15H16F3N5S/c1-8(10-5-9-3-4-23(2)11(9)7-20-10)24-14-21-12(15(16,17)18)6-13(19)22-14/h5-8H,3-4H2,1-2H3,(H2,19,21,22). The van der Waals surface area contributed by atoms with Gasteiger partial charge in [0.2, 0.25) is 0 Å². The van der Waals surface area contributed by atoms with Crippen LogP contribution in [0.3, 0.4) is 0 Å². The molecule has 2 N–H and O–H groups in total. The number of nitrogen functional groups attached to an aromatic ring is 1. The van der Waals surface area contributed by atoms with E-state index in [1.807, 2.05) is 20.0 Å². The molecule has 1 aliphatic heterocycles. The van der Waals surface area contributed by atoms with Crippen LogP contribution in [-0.4, -0.2) is 28.5 Å². The van der Waals surface area contributed by atoms with Gasteiger partial charge in [0.05, 0.1) is 22.8 Å². The number of pyridine rings is 1. The van der Waals surface area contributed by atoms with Crippen LogP contribution in [0.15, 0.2) is 23.5 Å². The molecule has 0 bridgehead atoms. The van der Waals surface area contributed by atoms with Gasteiger partial charge in [-0.25, -0.2) is 9.97 Å². The van der Waals surface area contributed by atoms with Crippen molar-refractivity contribution in [1.82, 2.24) is 15.0 Å². The molecule has 1 aliphatic rings. The highest BCUT2D eigenvalue weighted by molar-refractivity contribution is 7.99. The largest absolute Gasteiger partial charge is 0.433 e. The molecular weight excluding hydrogens is 339 g/mol. The lowest BCUT2D eigenvalue weighted by molar-refractivity contribution is -0.141. The number of fused-ring (bicyclic) bond motifs is 1. The van der Waals surface area contributed by atoms with E-state index in [1.165, 1.54) is 5.56 Å². The van der Waals surface area contributed by atoms with E-state index in [0.717, 1.165) is 42.2 Å². The molecule has 2 aromatic rings. The maximum absolute atomic E-state index is 12.8. The summed E-state index contributed by atoms with van der Waals surface area (Å²) in [6.45, 7) is 2.80. The molecule has 24 heavy (non-hydrogen) atoms. The van der Waals surface area contributed by atoms with E-state index < -0.39 is 11.9 Å². The minimum Gasteiger partial charge on any atom is -0.384 e. The summed E-state index contributed by atoms with van der Waals surface area (Å²) < 4.78 is 38.5. The van der Waals surface area contributed by atoms with Crippen LogP contribution >= 0.6 is 11.8 Å². The maximum atomic E-state index is 12.8. The van der Waals surface area contributed by atoms with Crippen LogP contribution in [0.4, 0.5) is 24.7 Å². The Hall–Kier alpha value is -2.03. The van der Waals surface area contributed by atoms with Crippen LogP contribution in [0.5, 0.6) is 0 Å². The molecule has 1 unspecified atom stereocenters. The first-order valence-corrected chi connectivity index (χ1v) is 8.20. The number of likely N-dealkylation sites (N-methyl/N-ethyl adjacent to an activating group) is 1. The zero-order chi connectivity index (χ0) is 17.5. The topological polar surface area (TPSA) is 67.9 Å². The van der Waals surface area contributed by atoms with Gasteiger partial charge in [0.1, 0.15) is 5.82 Å². The minimum absolute atomic E-state index is 0.00533. The van der Waals surface area contributed by atoms with Gasteiger partial charge in [-0.2, -0.15) is 13.2 Å². The van der Waals surface area contributed by atoms with Crippen molar-refractivity contribution in [2.45, 2.75) is 29.9 Å².